The van der Waals surface area contributed by atoms with Crippen molar-refractivity contribution in [1.29, 1.82) is 0 Å². The van der Waals surface area contributed by atoms with Crippen LogP contribution in [-0.2, 0) is 0 Å². The molecule has 2 aliphatic carbocycles. The molecular weight excluding hydrogens is 156 g/mol. The van der Waals surface area contributed by atoms with Crippen LogP contribution in [0.4, 0.5) is 0 Å². The average Bonchev–Trinajstić information content (AvgIpc) is 2.18. The third kappa shape index (κ3) is 2.15. The Kier molecular flexibility index (Phi) is 3.08. The molecule has 0 saturated heterocycles. The molecule has 0 bridgehead atoms. The van der Waals surface area contributed by atoms with E-state index in [-0.39, 0.29) is 0 Å². The van der Waals surface area contributed by atoms with E-state index >= 15 is 0 Å². The Bertz CT molecular complexity index is 180. The molecule has 2 rings (SSSR count). The summed E-state index contributed by atoms with van der Waals surface area (Å²) in [5.41, 5.74) is 0. The van der Waals surface area contributed by atoms with Crippen LogP contribution in [0.15, 0.2) is 6.08 Å². The maximum absolute atomic E-state index is 3.42. The van der Waals surface area contributed by atoms with E-state index in [0.717, 1.165) is 17.8 Å². The smallest absolute Gasteiger partial charge is 0.0196 e. The van der Waals surface area contributed by atoms with E-state index in [1.54, 1.807) is 0 Å². The Morgan fingerprint density at radius 2 is 2.23 bits per heavy atom. The molecule has 0 spiro atoms. The SMILES string of the molecule is CCCC1CCC2CC[C]=CC2C1. The van der Waals surface area contributed by atoms with Gasteiger partial charge in [-0.05, 0) is 49.5 Å². The Morgan fingerprint density at radius 1 is 1.31 bits per heavy atom. The summed E-state index contributed by atoms with van der Waals surface area (Å²) in [6.45, 7) is 2.31. The number of rotatable bonds is 2. The lowest BCUT2D eigenvalue weighted by molar-refractivity contribution is 0.190. The predicted octanol–water partition coefficient (Wildman–Crippen LogP) is 3.97. The minimum atomic E-state index is 0.902. The first kappa shape index (κ1) is 9.30. The average molecular weight is 177 g/mol. The summed E-state index contributed by atoms with van der Waals surface area (Å²) in [7, 11) is 0. The molecular formula is C13H21. The first-order chi connectivity index (χ1) is 6.40. The zero-order valence-corrected chi connectivity index (χ0v) is 8.76. The topological polar surface area (TPSA) is 0 Å². The van der Waals surface area contributed by atoms with Crippen LogP contribution < -0.4 is 0 Å². The highest BCUT2D eigenvalue weighted by Gasteiger charge is 2.29. The lowest BCUT2D eigenvalue weighted by atomic mass is 9.69. The van der Waals surface area contributed by atoms with E-state index in [9.17, 15) is 0 Å². The minimum absolute atomic E-state index is 0.902. The lowest BCUT2D eigenvalue weighted by Crippen LogP contribution is -2.25. The van der Waals surface area contributed by atoms with Gasteiger partial charge in [0.25, 0.3) is 0 Å². The largest absolute Gasteiger partial charge is 0.0776 e. The van der Waals surface area contributed by atoms with Crippen molar-refractivity contribution in [2.75, 3.05) is 0 Å². The van der Waals surface area contributed by atoms with E-state index in [1.807, 2.05) is 0 Å². The maximum atomic E-state index is 3.42. The number of hydrogen-bond donors (Lipinski definition) is 0. The zero-order chi connectivity index (χ0) is 9.10. The summed E-state index contributed by atoms with van der Waals surface area (Å²) >= 11 is 0. The molecule has 0 amide bonds. The lowest BCUT2D eigenvalue weighted by Gasteiger charge is -2.36. The molecule has 1 radical (unpaired) electrons. The Morgan fingerprint density at radius 3 is 3.08 bits per heavy atom. The van der Waals surface area contributed by atoms with Gasteiger partial charge >= 0.3 is 0 Å². The molecule has 0 nitrogen and oxygen atoms in total. The fourth-order valence-corrected chi connectivity index (χ4v) is 3.10. The normalized spacial score (nSPS) is 38.7. The van der Waals surface area contributed by atoms with Gasteiger partial charge < -0.3 is 0 Å². The van der Waals surface area contributed by atoms with Gasteiger partial charge in [-0.25, -0.2) is 0 Å². The van der Waals surface area contributed by atoms with Gasteiger partial charge in [0.2, 0.25) is 0 Å². The summed E-state index contributed by atoms with van der Waals surface area (Å²) in [6, 6.07) is 0. The van der Waals surface area contributed by atoms with Crippen LogP contribution >= 0.6 is 0 Å². The highest BCUT2D eigenvalue weighted by molar-refractivity contribution is 4.95. The Labute approximate surface area is 82.4 Å². The van der Waals surface area contributed by atoms with Gasteiger partial charge in [0.15, 0.2) is 0 Å². The van der Waals surface area contributed by atoms with Crippen LogP contribution in [0.5, 0.6) is 0 Å². The van der Waals surface area contributed by atoms with Crippen LogP contribution in [0.1, 0.15) is 51.9 Å². The molecule has 0 aromatic rings. The van der Waals surface area contributed by atoms with E-state index in [2.05, 4.69) is 19.1 Å². The van der Waals surface area contributed by atoms with Gasteiger partial charge in [-0.1, -0.05) is 32.3 Å². The fraction of sp³-hybridized carbons (Fsp3) is 0.846. The fourth-order valence-electron chi connectivity index (χ4n) is 3.10. The standard InChI is InChI=1S/C13H21/c1-2-5-11-8-9-12-6-3-4-7-13(12)10-11/h7,11-13H,2-3,5-6,8-10H2,1H3. The summed E-state index contributed by atoms with van der Waals surface area (Å²) in [5.74, 6) is 2.95. The van der Waals surface area contributed by atoms with Gasteiger partial charge in [0.05, 0.1) is 0 Å². The second-order valence-electron chi connectivity index (χ2n) is 4.80. The second kappa shape index (κ2) is 4.30. The monoisotopic (exact) mass is 177 g/mol. The summed E-state index contributed by atoms with van der Waals surface area (Å²) in [6.07, 6.45) is 15.7. The molecule has 0 heterocycles. The van der Waals surface area contributed by atoms with Crippen LogP contribution in [0, 0.1) is 23.8 Å². The van der Waals surface area contributed by atoms with E-state index in [4.69, 9.17) is 0 Å². The molecule has 0 heteroatoms. The van der Waals surface area contributed by atoms with Gasteiger partial charge in [0, 0.05) is 0 Å². The molecule has 73 valence electrons. The second-order valence-corrected chi connectivity index (χ2v) is 4.80. The van der Waals surface area contributed by atoms with Crippen LogP contribution in [0.2, 0.25) is 0 Å². The van der Waals surface area contributed by atoms with Gasteiger partial charge in [-0.3, -0.25) is 0 Å². The van der Waals surface area contributed by atoms with Crippen molar-refractivity contribution in [2.24, 2.45) is 17.8 Å². The highest BCUT2D eigenvalue weighted by Crippen LogP contribution is 2.40. The molecule has 0 N–H and O–H groups in total. The van der Waals surface area contributed by atoms with Crippen molar-refractivity contribution in [2.45, 2.75) is 51.9 Å². The minimum Gasteiger partial charge on any atom is -0.0776 e. The molecule has 1 fully saturated rings. The number of allylic oxidation sites excluding steroid dienone is 2. The van der Waals surface area contributed by atoms with Crippen molar-refractivity contribution in [3.63, 3.8) is 0 Å². The maximum Gasteiger partial charge on any atom is -0.0196 e. The quantitative estimate of drug-likeness (QED) is 0.598. The molecule has 1 saturated carbocycles. The summed E-state index contributed by atoms with van der Waals surface area (Å²) < 4.78 is 0. The molecule has 0 aliphatic heterocycles. The number of hydrogen-bond acceptors (Lipinski definition) is 0. The van der Waals surface area contributed by atoms with Crippen molar-refractivity contribution in [1.82, 2.24) is 0 Å². The van der Waals surface area contributed by atoms with Gasteiger partial charge in [-0.2, -0.15) is 0 Å². The van der Waals surface area contributed by atoms with Crippen molar-refractivity contribution < 1.29 is 0 Å². The molecule has 3 unspecified atom stereocenters. The van der Waals surface area contributed by atoms with Crippen molar-refractivity contribution in [3.05, 3.63) is 12.2 Å². The predicted molar refractivity (Wildman–Crippen MR) is 56.3 cm³/mol. The Balaban J connectivity index is 1.90. The third-order valence-corrected chi connectivity index (χ3v) is 3.85. The van der Waals surface area contributed by atoms with E-state index < -0.39 is 0 Å². The number of fused-ring (bicyclic) bond motifs is 1. The van der Waals surface area contributed by atoms with Crippen LogP contribution in [0.3, 0.4) is 0 Å². The molecule has 3 atom stereocenters. The van der Waals surface area contributed by atoms with Crippen molar-refractivity contribution >= 4 is 0 Å². The molecule has 0 aromatic carbocycles. The van der Waals surface area contributed by atoms with Crippen LogP contribution in [-0.4, -0.2) is 0 Å². The zero-order valence-electron chi connectivity index (χ0n) is 8.76. The van der Waals surface area contributed by atoms with Gasteiger partial charge in [-0.15, -0.1) is 0 Å². The van der Waals surface area contributed by atoms with Crippen molar-refractivity contribution in [3.8, 4) is 0 Å². The molecule has 0 aromatic heterocycles. The summed E-state index contributed by atoms with van der Waals surface area (Å²) in [5, 5.41) is 0. The first-order valence-corrected chi connectivity index (χ1v) is 5.97. The third-order valence-electron chi connectivity index (χ3n) is 3.85. The highest BCUT2D eigenvalue weighted by atomic mass is 14.3. The van der Waals surface area contributed by atoms with E-state index in [1.165, 1.54) is 44.9 Å². The van der Waals surface area contributed by atoms with E-state index in [0.29, 0.717) is 0 Å². The molecule has 2 aliphatic rings. The van der Waals surface area contributed by atoms with Crippen LogP contribution in [0.25, 0.3) is 0 Å². The molecule has 13 heavy (non-hydrogen) atoms. The Hall–Kier alpha value is -0.260. The summed E-state index contributed by atoms with van der Waals surface area (Å²) in [4.78, 5) is 0. The first-order valence-electron chi connectivity index (χ1n) is 5.97. The van der Waals surface area contributed by atoms with Gasteiger partial charge in [0.1, 0.15) is 0 Å².